The number of thiophene rings is 1. The lowest BCUT2D eigenvalue weighted by atomic mass is 10.2. The van der Waals surface area contributed by atoms with Gasteiger partial charge in [0.05, 0.1) is 5.39 Å². The van der Waals surface area contributed by atoms with Crippen molar-refractivity contribution in [3.8, 4) is 11.4 Å². The number of halogens is 1. The van der Waals surface area contributed by atoms with Crippen LogP contribution in [0.3, 0.4) is 0 Å². The van der Waals surface area contributed by atoms with Crippen molar-refractivity contribution in [1.82, 2.24) is 9.97 Å². The first-order valence-electron chi connectivity index (χ1n) is 9.96. The van der Waals surface area contributed by atoms with Crippen molar-refractivity contribution in [3.05, 3.63) is 65.8 Å². The average molecular weight is 553 g/mol. The number of amides is 2. The van der Waals surface area contributed by atoms with Crippen LogP contribution in [0.4, 0.5) is 26.4 Å². The number of benzene rings is 2. The molecular weight excluding hydrogens is 535 g/mol. The molecule has 2 heterocycles. The molecule has 0 aliphatic rings. The number of carbonyl (C=O) groups is 1. The summed E-state index contributed by atoms with van der Waals surface area (Å²) in [6, 6.07) is 12.5. The molecule has 12 nitrogen and oxygen atoms in total. The topological polar surface area (TPSA) is 194 Å². The van der Waals surface area contributed by atoms with Crippen LogP contribution in [0.1, 0.15) is 0 Å². The minimum atomic E-state index is -5.27. The van der Waals surface area contributed by atoms with Gasteiger partial charge in [0.2, 0.25) is 5.52 Å². The molecule has 0 unspecified atom stereocenters. The summed E-state index contributed by atoms with van der Waals surface area (Å²) in [5.74, 6) is -0.552. The highest BCUT2D eigenvalue weighted by molar-refractivity contribution is 7.71. The Morgan fingerprint density at radius 3 is 2.25 bits per heavy atom. The molecule has 0 atom stereocenters. The number of carbonyl (C=O) groups excluding carboxylic acids is 1. The van der Waals surface area contributed by atoms with E-state index >= 15 is 0 Å². The highest BCUT2D eigenvalue weighted by Crippen LogP contribution is 2.59. The summed E-state index contributed by atoms with van der Waals surface area (Å²) in [6.07, 6.45) is 0. The number of urea groups is 1. The minimum Gasteiger partial charge on any atom is -0.346 e. The highest BCUT2D eigenvalue weighted by atomic mass is 32.1. The molecule has 2 aromatic heterocycles. The van der Waals surface area contributed by atoms with E-state index in [-0.39, 0.29) is 11.6 Å². The van der Waals surface area contributed by atoms with E-state index in [4.69, 9.17) is 0 Å². The molecule has 16 heteroatoms. The van der Waals surface area contributed by atoms with Crippen LogP contribution in [0.5, 0.6) is 0 Å². The summed E-state index contributed by atoms with van der Waals surface area (Å²) < 4.78 is 36.5. The maximum absolute atomic E-state index is 13.0. The SMILES string of the molecule is O=C(Nc1ccc(F)cc1)Nc1cccc(-c2nc(NC(P(=O)(O)O)P(=O)(O)O)c3ccsc3n2)c1. The van der Waals surface area contributed by atoms with Gasteiger partial charge in [-0.05, 0) is 47.8 Å². The highest BCUT2D eigenvalue weighted by Gasteiger charge is 2.44. The monoisotopic (exact) mass is 553 g/mol. The number of nitrogens with one attached hydrogen (secondary N) is 3. The normalized spacial score (nSPS) is 12.1. The average Bonchev–Trinajstić information content (AvgIpc) is 3.26. The summed E-state index contributed by atoms with van der Waals surface area (Å²) in [6.45, 7) is 0. The summed E-state index contributed by atoms with van der Waals surface area (Å²) in [5, 5.41) is 9.31. The van der Waals surface area contributed by atoms with Crippen molar-refractivity contribution in [2.45, 2.75) is 5.52 Å². The fourth-order valence-corrected chi connectivity index (χ4v) is 6.06. The predicted octanol–water partition coefficient (Wildman–Crippen LogP) is 4.19. The number of hydrogen-bond acceptors (Lipinski definition) is 7. The smallest absolute Gasteiger partial charge is 0.346 e. The second-order valence-corrected chi connectivity index (χ2v) is 12.1. The molecule has 0 radical (unpaired) electrons. The number of rotatable bonds is 7. The van der Waals surface area contributed by atoms with Gasteiger partial charge in [-0.25, -0.2) is 19.2 Å². The van der Waals surface area contributed by atoms with Gasteiger partial charge >= 0.3 is 21.2 Å². The van der Waals surface area contributed by atoms with Crippen LogP contribution in [0, 0.1) is 5.82 Å². The number of nitrogens with zero attached hydrogens (tertiary/aromatic N) is 2. The largest absolute Gasteiger partial charge is 0.360 e. The maximum atomic E-state index is 13.0. The maximum Gasteiger partial charge on any atom is 0.360 e. The standard InChI is InChI=1S/C20H18FN5O7P2S/c21-12-4-6-13(7-5-12)22-19(27)23-14-3-1-2-11(10-14)16-24-17(15-8-9-36-18(15)25-16)26-20(34(28,29)30)35(31,32)33/h1-10,20H,(H2,22,23,27)(H,24,25,26)(H2,28,29,30)(H2,31,32,33). The van der Waals surface area contributed by atoms with Crippen molar-refractivity contribution in [2.75, 3.05) is 16.0 Å². The van der Waals surface area contributed by atoms with Crippen LogP contribution >= 0.6 is 26.5 Å². The van der Waals surface area contributed by atoms with Crippen molar-refractivity contribution in [3.63, 3.8) is 0 Å². The van der Waals surface area contributed by atoms with Crippen molar-refractivity contribution in [1.29, 1.82) is 0 Å². The van der Waals surface area contributed by atoms with Gasteiger partial charge in [0.25, 0.3) is 0 Å². The Balaban J connectivity index is 1.63. The summed E-state index contributed by atoms with van der Waals surface area (Å²) in [7, 11) is -10.5. The minimum absolute atomic E-state index is 0.0743. The van der Waals surface area contributed by atoms with Gasteiger partial charge in [-0.15, -0.1) is 11.3 Å². The lowest BCUT2D eigenvalue weighted by molar-refractivity contribution is 0.262. The second-order valence-electron chi connectivity index (χ2n) is 7.40. The van der Waals surface area contributed by atoms with E-state index in [1.165, 1.54) is 41.7 Å². The Morgan fingerprint density at radius 2 is 1.58 bits per heavy atom. The molecule has 0 aliphatic heterocycles. The Morgan fingerprint density at radius 1 is 0.917 bits per heavy atom. The molecule has 2 aromatic carbocycles. The van der Waals surface area contributed by atoms with E-state index in [0.717, 1.165) is 0 Å². The van der Waals surface area contributed by atoms with Crippen molar-refractivity contribution < 1.29 is 37.9 Å². The van der Waals surface area contributed by atoms with Gasteiger partial charge in [0, 0.05) is 16.9 Å². The van der Waals surface area contributed by atoms with Crippen LogP contribution in [0.25, 0.3) is 21.6 Å². The second kappa shape index (κ2) is 10.0. The molecule has 0 aliphatic carbocycles. The lowest BCUT2D eigenvalue weighted by Gasteiger charge is -2.21. The fourth-order valence-electron chi connectivity index (χ4n) is 3.14. The van der Waals surface area contributed by atoms with Crippen LogP contribution < -0.4 is 16.0 Å². The number of fused-ring (bicyclic) bond motifs is 1. The Labute approximate surface area is 206 Å². The molecule has 0 spiro atoms. The first-order valence-corrected chi connectivity index (χ1v) is 14.2. The quantitative estimate of drug-likeness (QED) is 0.163. The summed E-state index contributed by atoms with van der Waals surface area (Å²) >= 11 is 1.18. The van der Waals surface area contributed by atoms with E-state index in [1.807, 2.05) is 0 Å². The Bertz CT molecular complexity index is 1500. The van der Waals surface area contributed by atoms with Gasteiger partial charge in [-0.3, -0.25) is 9.13 Å². The fraction of sp³-hybridized carbons (Fsp3) is 0.0500. The first kappa shape index (κ1) is 25.9. The summed E-state index contributed by atoms with van der Waals surface area (Å²) in [5.41, 5.74) is -1.38. The molecule has 4 aromatic rings. The van der Waals surface area contributed by atoms with Crippen molar-refractivity contribution >= 4 is 60.0 Å². The van der Waals surface area contributed by atoms with E-state index in [9.17, 15) is 37.9 Å². The Hall–Kier alpha value is -3.22. The molecule has 7 N–H and O–H groups in total. The third-order valence-electron chi connectivity index (χ3n) is 4.71. The third kappa shape index (κ3) is 6.12. The molecule has 4 rings (SSSR count). The molecule has 36 heavy (non-hydrogen) atoms. The zero-order valence-corrected chi connectivity index (χ0v) is 20.5. The third-order valence-corrected chi connectivity index (χ3v) is 8.85. The van der Waals surface area contributed by atoms with Crippen LogP contribution in [0.15, 0.2) is 60.0 Å². The Kier molecular flexibility index (Phi) is 7.21. The molecule has 2 amide bonds. The van der Waals surface area contributed by atoms with Crippen LogP contribution in [-0.4, -0.2) is 41.1 Å². The first-order chi connectivity index (χ1) is 16.9. The molecule has 188 valence electrons. The van der Waals surface area contributed by atoms with E-state index in [2.05, 4.69) is 25.9 Å². The molecule has 0 saturated heterocycles. The van der Waals surface area contributed by atoms with Crippen LogP contribution in [0.2, 0.25) is 0 Å². The van der Waals surface area contributed by atoms with E-state index < -0.39 is 32.6 Å². The lowest BCUT2D eigenvalue weighted by Crippen LogP contribution is -2.21. The zero-order valence-electron chi connectivity index (χ0n) is 17.9. The molecule has 0 saturated carbocycles. The van der Waals surface area contributed by atoms with Gasteiger partial charge in [0.1, 0.15) is 16.5 Å². The molecule has 0 bridgehead atoms. The van der Waals surface area contributed by atoms with Crippen LogP contribution in [-0.2, 0) is 9.13 Å². The summed E-state index contributed by atoms with van der Waals surface area (Å²) in [4.78, 5) is 59.3. The van der Waals surface area contributed by atoms with Gasteiger partial charge in [-0.1, -0.05) is 12.1 Å². The van der Waals surface area contributed by atoms with E-state index in [1.54, 1.807) is 29.6 Å². The van der Waals surface area contributed by atoms with Gasteiger partial charge < -0.3 is 35.5 Å². The number of aromatic nitrogens is 2. The number of anilines is 3. The van der Waals surface area contributed by atoms with Gasteiger partial charge in [-0.2, -0.15) is 0 Å². The zero-order chi connectivity index (χ0) is 26.1. The molecule has 0 fully saturated rings. The molecular formula is C20H18FN5O7P2S. The van der Waals surface area contributed by atoms with Gasteiger partial charge in [0.15, 0.2) is 5.82 Å². The van der Waals surface area contributed by atoms with Crippen molar-refractivity contribution in [2.24, 2.45) is 0 Å². The number of hydrogen-bond donors (Lipinski definition) is 7. The predicted molar refractivity (Wildman–Crippen MR) is 133 cm³/mol. The van der Waals surface area contributed by atoms with E-state index in [0.29, 0.717) is 27.2 Å².